The third-order valence-electron chi connectivity index (χ3n) is 6.71. The Hall–Kier alpha value is -2.11. The lowest BCUT2D eigenvalue weighted by Crippen LogP contribution is -2.51. The fourth-order valence-corrected chi connectivity index (χ4v) is 4.95. The maximum atomic E-state index is 12.9. The van der Waals surface area contributed by atoms with Crippen LogP contribution in [0.3, 0.4) is 0 Å². The molecule has 3 fully saturated rings. The Labute approximate surface area is 167 Å². The number of hydrogen-bond donors (Lipinski definition) is 1. The average molecular weight is 385 g/mol. The van der Waals surface area contributed by atoms with Gasteiger partial charge in [0, 0.05) is 50.3 Å². The molecule has 1 aromatic heterocycles. The highest BCUT2D eigenvalue weighted by Gasteiger charge is 2.34. The van der Waals surface area contributed by atoms with Crippen molar-refractivity contribution in [3.8, 4) is 0 Å². The van der Waals surface area contributed by atoms with Crippen molar-refractivity contribution in [1.29, 1.82) is 0 Å². The van der Waals surface area contributed by atoms with Crippen LogP contribution in [-0.2, 0) is 9.59 Å². The number of nitrogens with zero attached hydrogens (tertiary/aromatic N) is 3. The summed E-state index contributed by atoms with van der Waals surface area (Å²) >= 11 is 0. The lowest BCUT2D eigenvalue weighted by molar-refractivity contribution is -0.138. The van der Waals surface area contributed by atoms with E-state index in [-0.39, 0.29) is 23.7 Å². The number of anilines is 1. The molecule has 0 spiro atoms. The monoisotopic (exact) mass is 384 g/mol. The van der Waals surface area contributed by atoms with Crippen LogP contribution in [0.2, 0.25) is 0 Å². The number of aromatic nitrogens is 1. The molecule has 6 nitrogen and oxygen atoms in total. The Kier molecular flexibility index (Phi) is 6.13. The van der Waals surface area contributed by atoms with Gasteiger partial charge in [-0.2, -0.15) is 0 Å². The molecule has 28 heavy (non-hydrogen) atoms. The summed E-state index contributed by atoms with van der Waals surface area (Å²) in [5, 5.41) is 3.23. The molecule has 152 valence electrons. The van der Waals surface area contributed by atoms with E-state index < -0.39 is 0 Å². The number of amides is 2. The van der Waals surface area contributed by atoms with E-state index in [1.165, 1.54) is 12.8 Å². The first kappa shape index (κ1) is 19.2. The van der Waals surface area contributed by atoms with Crippen LogP contribution in [0.1, 0.15) is 51.4 Å². The van der Waals surface area contributed by atoms with E-state index in [1.807, 2.05) is 29.3 Å². The second-order valence-electron chi connectivity index (χ2n) is 8.54. The maximum Gasteiger partial charge on any atom is 0.225 e. The predicted molar refractivity (Wildman–Crippen MR) is 109 cm³/mol. The standard InChI is InChI=1S/C22H32N4O2/c27-21(24-19-5-1-2-6-19)17-8-10-18(11-9-17)22(28)26-15-13-25(14-16-26)20-7-3-4-12-23-20/h3-4,7,12,17-19H,1-2,5-6,8-11,13-16H2,(H,24,27). The Morgan fingerprint density at radius 3 is 2.21 bits per heavy atom. The Balaban J connectivity index is 1.21. The van der Waals surface area contributed by atoms with Crippen LogP contribution in [0.25, 0.3) is 0 Å². The summed E-state index contributed by atoms with van der Waals surface area (Å²) in [4.78, 5) is 34.1. The first-order valence-corrected chi connectivity index (χ1v) is 11.0. The Morgan fingerprint density at radius 2 is 1.57 bits per heavy atom. The molecule has 2 aliphatic carbocycles. The average Bonchev–Trinajstić information content (AvgIpc) is 3.27. The van der Waals surface area contributed by atoms with Gasteiger partial charge in [-0.1, -0.05) is 18.9 Å². The summed E-state index contributed by atoms with van der Waals surface area (Å²) < 4.78 is 0. The molecular weight excluding hydrogens is 352 g/mol. The van der Waals surface area contributed by atoms with Crippen molar-refractivity contribution < 1.29 is 9.59 Å². The van der Waals surface area contributed by atoms with E-state index in [1.54, 1.807) is 0 Å². The van der Waals surface area contributed by atoms with Gasteiger partial charge in [0.1, 0.15) is 5.82 Å². The van der Waals surface area contributed by atoms with Crippen molar-refractivity contribution in [2.45, 2.75) is 57.4 Å². The van der Waals surface area contributed by atoms with Crippen molar-refractivity contribution >= 4 is 17.6 Å². The SMILES string of the molecule is O=C(NC1CCCC1)C1CCC(C(=O)N2CCN(c3ccccn3)CC2)CC1. The van der Waals surface area contributed by atoms with Crippen molar-refractivity contribution in [1.82, 2.24) is 15.2 Å². The molecular formula is C22H32N4O2. The summed E-state index contributed by atoms with van der Waals surface area (Å²) in [6.07, 6.45) is 9.94. The summed E-state index contributed by atoms with van der Waals surface area (Å²) in [6.45, 7) is 3.19. The summed E-state index contributed by atoms with van der Waals surface area (Å²) in [6, 6.07) is 6.34. The van der Waals surface area contributed by atoms with E-state index in [0.29, 0.717) is 6.04 Å². The van der Waals surface area contributed by atoms with Gasteiger partial charge >= 0.3 is 0 Å². The third-order valence-corrected chi connectivity index (χ3v) is 6.71. The molecule has 2 heterocycles. The molecule has 4 rings (SSSR count). The van der Waals surface area contributed by atoms with E-state index in [4.69, 9.17) is 0 Å². The number of carbonyl (C=O) groups excluding carboxylic acids is 2. The van der Waals surface area contributed by atoms with Gasteiger partial charge in [0.05, 0.1) is 0 Å². The molecule has 0 bridgehead atoms. The topological polar surface area (TPSA) is 65.5 Å². The minimum atomic E-state index is 0.0944. The van der Waals surface area contributed by atoms with Gasteiger partial charge in [0.2, 0.25) is 11.8 Å². The van der Waals surface area contributed by atoms with Crippen LogP contribution in [-0.4, -0.2) is 53.9 Å². The smallest absolute Gasteiger partial charge is 0.225 e. The van der Waals surface area contributed by atoms with E-state index in [9.17, 15) is 9.59 Å². The van der Waals surface area contributed by atoms with E-state index >= 15 is 0 Å². The fourth-order valence-electron chi connectivity index (χ4n) is 4.95. The number of nitrogens with one attached hydrogen (secondary N) is 1. The lowest BCUT2D eigenvalue weighted by atomic mass is 9.80. The van der Waals surface area contributed by atoms with E-state index in [2.05, 4.69) is 15.2 Å². The van der Waals surface area contributed by atoms with E-state index in [0.717, 1.165) is 70.5 Å². The second kappa shape index (κ2) is 8.93. The second-order valence-corrected chi connectivity index (χ2v) is 8.54. The summed E-state index contributed by atoms with van der Waals surface area (Å²) in [5.41, 5.74) is 0. The van der Waals surface area contributed by atoms with Gasteiger partial charge in [0.25, 0.3) is 0 Å². The van der Waals surface area contributed by atoms with Crippen LogP contribution in [0, 0.1) is 11.8 Å². The van der Waals surface area contributed by atoms with Crippen LogP contribution in [0.5, 0.6) is 0 Å². The van der Waals surface area contributed by atoms with Gasteiger partial charge in [0.15, 0.2) is 0 Å². The normalized spacial score (nSPS) is 26.3. The largest absolute Gasteiger partial charge is 0.353 e. The highest BCUT2D eigenvalue weighted by Crippen LogP contribution is 2.31. The zero-order valence-corrected chi connectivity index (χ0v) is 16.7. The van der Waals surface area contributed by atoms with Crippen molar-refractivity contribution in [3.05, 3.63) is 24.4 Å². The molecule has 0 atom stereocenters. The van der Waals surface area contributed by atoms with Gasteiger partial charge < -0.3 is 15.1 Å². The molecule has 1 aliphatic heterocycles. The Morgan fingerprint density at radius 1 is 0.893 bits per heavy atom. The van der Waals surface area contributed by atoms with Crippen molar-refractivity contribution in [3.63, 3.8) is 0 Å². The van der Waals surface area contributed by atoms with Gasteiger partial charge in [-0.25, -0.2) is 4.98 Å². The van der Waals surface area contributed by atoms with Gasteiger partial charge in [-0.05, 0) is 50.7 Å². The summed E-state index contributed by atoms with van der Waals surface area (Å²) in [7, 11) is 0. The molecule has 6 heteroatoms. The van der Waals surface area contributed by atoms with Gasteiger partial charge in [-0.3, -0.25) is 9.59 Å². The molecule has 1 saturated heterocycles. The fraction of sp³-hybridized carbons (Fsp3) is 0.682. The van der Waals surface area contributed by atoms with Gasteiger partial charge in [-0.15, -0.1) is 0 Å². The first-order valence-electron chi connectivity index (χ1n) is 11.0. The first-order chi connectivity index (χ1) is 13.7. The molecule has 2 amide bonds. The predicted octanol–water partition coefficient (Wildman–Crippen LogP) is 2.60. The molecule has 1 aromatic rings. The summed E-state index contributed by atoms with van der Waals surface area (Å²) in [5.74, 6) is 1.70. The molecule has 2 saturated carbocycles. The molecule has 0 unspecified atom stereocenters. The van der Waals surface area contributed by atoms with Crippen LogP contribution >= 0.6 is 0 Å². The van der Waals surface area contributed by atoms with Crippen LogP contribution in [0.15, 0.2) is 24.4 Å². The lowest BCUT2D eigenvalue weighted by Gasteiger charge is -2.38. The number of carbonyl (C=O) groups is 2. The van der Waals surface area contributed by atoms with Crippen LogP contribution in [0.4, 0.5) is 5.82 Å². The molecule has 3 aliphatic rings. The molecule has 1 N–H and O–H groups in total. The quantitative estimate of drug-likeness (QED) is 0.867. The minimum Gasteiger partial charge on any atom is -0.353 e. The number of piperazine rings is 1. The number of pyridine rings is 1. The minimum absolute atomic E-state index is 0.0944. The molecule has 0 radical (unpaired) electrons. The zero-order valence-electron chi connectivity index (χ0n) is 16.7. The number of hydrogen-bond acceptors (Lipinski definition) is 4. The molecule has 0 aromatic carbocycles. The zero-order chi connectivity index (χ0) is 19.3. The maximum absolute atomic E-state index is 12.9. The third kappa shape index (κ3) is 4.47. The van der Waals surface area contributed by atoms with Crippen LogP contribution < -0.4 is 10.2 Å². The van der Waals surface area contributed by atoms with Crippen molar-refractivity contribution in [2.75, 3.05) is 31.1 Å². The Bertz CT molecular complexity index is 658. The highest BCUT2D eigenvalue weighted by molar-refractivity contribution is 5.81. The highest BCUT2D eigenvalue weighted by atomic mass is 16.2. The number of rotatable bonds is 4. The van der Waals surface area contributed by atoms with Crippen molar-refractivity contribution in [2.24, 2.45) is 11.8 Å².